The van der Waals surface area contributed by atoms with Crippen molar-refractivity contribution in [3.63, 3.8) is 0 Å². The SMILES string of the molecule is CC(C)N(O)NCCn1c(=O)c2c([nH]c(Oc3cccc(OC(F)(F)F)c3)[n+]2Cc2ccc(Cl)cc2)n(C)c1=O. The first-order chi connectivity index (χ1) is 18.8. The summed E-state index contributed by atoms with van der Waals surface area (Å²) in [5.74, 6) is -0.503. The first-order valence-corrected chi connectivity index (χ1v) is 12.5. The van der Waals surface area contributed by atoms with Crippen LogP contribution in [0.25, 0.3) is 11.2 Å². The zero-order chi connectivity index (χ0) is 29.2. The monoisotopic (exact) mass is 583 g/mol. The van der Waals surface area contributed by atoms with Crippen LogP contribution in [0, 0.1) is 0 Å². The van der Waals surface area contributed by atoms with Crippen LogP contribution in [0.2, 0.25) is 5.02 Å². The van der Waals surface area contributed by atoms with Crippen LogP contribution in [-0.4, -0.2) is 43.4 Å². The molecule has 0 aliphatic carbocycles. The number of aryl methyl sites for hydroxylation is 1. The number of imidazole rings is 1. The summed E-state index contributed by atoms with van der Waals surface area (Å²) >= 11 is 6.01. The quantitative estimate of drug-likeness (QED) is 0.194. The molecule has 40 heavy (non-hydrogen) atoms. The maximum absolute atomic E-state index is 13.6. The topological polar surface area (TPSA) is 118 Å². The van der Waals surface area contributed by atoms with Crippen molar-refractivity contribution in [3.8, 4) is 17.5 Å². The molecule has 0 aliphatic heterocycles. The average Bonchev–Trinajstić information content (AvgIpc) is 3.23. The molecule has 3 N–H and O–H groups in total. The molecule has 0 saturated heterocycles. The number of hydrogen-bond acceptors (Lipinski definition) is 7. The van der Waals surface area contributed by atoms with E-state index in [9.17, 15) is 28.0 Å². The van der Waals surface area contributed by atoms with Crippen LogP contribution in [0.4, 0.5) is 13.2 Å². The van der Waals surface area contributed by atoms with Crippen molar-refractivity contribution >= 4 is 22.8 Å². The Balaban J connectivity index is 1.81. The number of alkyl halides is 3. The molecule has 0 amide bonds. The fourth-order valence-corrected chi connectivity index (χ4v) is 4.04. The van der Waals surface area contributed by atoms with Crippen molar-refractivity contribution in [2.24, 2.45) is 7.05 Å². The van der Waals surface area contributed by atoms with Crippen molar-refractivity contribution in [1.29, 1.82) is 0 Å². The van der Waals surface area contributed by atoms with Gasteiger partial charge in [0.25, 0.3) is 11.2 Å². The highest BCUT2D eigenvalue weighted by Gasteiger charge is 2.32. The molecule has 4 aromatic rings. The number of ether oxygens (including phenoxy) is 2. The molecule has 11 nitrogen and oxygen atoms in total. The van der Waals surface area contributed by atoms with Gasteiger partial charge in [-0.3, -0.25) is 19.1 Å². The van der Waals surface area contributed by atoms with E-state index in [2.05, 4.69) is 15.1 Å². The largest absolute Gasteiger partial charge is 0.573 e. The van der Waals surface area contributed by atoms with Crippen molar-refractivity contribution in [2.45, 2.75) is 39.3 Å². The van der Waals surface area contributed by atoms with E-state index >= 15 is 0 Å². The van der Waals surface area contributed by atoms with E-state index in [0.717, 1.165) is 27.4 Å². The zero-order valence-electron chi connectivity index (χ0n) is 21.7. The molecule has 15 heteroatoms. The van der Waals surface area contributed by atoms with Crippen molar-refractivity contribution in [1.82, 2.24) is 24.7 Å². The van der Waals surface area contributed by atoms with Gasteiger partial charge in [0.1, 0.15) is 18.0 Å². The standard InChI is InChI=1S/C25H26ClF3N6O5/c1-15(2)35(38)30-11-12-33-22(36)20-21(32(3)24(33)37)31-23(34(20)14-16-7-9-17(26)10-8-16)39-18-5-4-6-19(13-18)40-25(27,28)29/h4-10,13,15,30,38H,11-12,14H2,1-3H3/p+1. The van der Waals surface area contributed by atoms with E-state index in [1.807, 2.05) is 0 Å². The van der Waals surface area contributed by atoms with Gasteiger partial charge in [0.2, 0.25) is 0 Å². The summed E-state index contributed by atoms with van der Waals surface area (Å²) < 4.78 is 51.8. The third-order valence-electron chi connectivity index (χ3n) is 5.87. The van der Waals surface area contributed by atoms with Gasteiger partial charge in [0.15, 0.2) is 0 Å². The third-order valence-corrected chi connectivity index (χ3v) is 6.12. The summed E-state index contributed by atoms with van der Waals surface area (Å²) in [5.41, 5.74) is 2.39. The molecule has 0 fully saturated rings. The Labute approximate surface area is 230 Å². The second-order valence-electron chi connectivity index (χ2n) is 9.11. The first-order valence-electron chi connectivity index (χ1n) is 12.1. The number of benzene rings is 2. The van der Waals surface area contributed by atoms with Gasteiger partial charge >= 0.3 is 23.6 Å². The lowest BCUT2D eigenvalue weighted by molar-refractivity contribution is -0.667. The molecule has 0 unspecified atom stereocenters. The maximum Gasteiger partial charge on any atom is 0.573 e. The molecule has 214 valence electrons. The fraction of sp³-hybridized carbons (Fsp3) is 0.320. The number of hydrogen-bond donors (Lipinski definition) is 3. The Morgan fingerprint density at radius 3 is 2.48 bits per heavy atom. The van der Waals surface area contributed by atoms with E-state index in [-0.39, 0.29) is 48.6 Å². The number of hydroxylamine groups is 1. The van der Waals surface area contributed by atoms with Gasteiger partial charge in [-0.25, -0.2) is 10.2 Å². The van der Waals surface area contributed by atoms with Crippen LogP contribution in [-0.2, 0) is 20.1 Å². The minimum absolute atomic E-state index is 0.00981. The Bertz CT molecular complexity index is 1610. The zero-order valence-corrected chi connectivity index (χ0v) is 22.5. The van der Waals surface area contributed by atoms with E-state index in [1.165, 1.54) is 28.3 Å². The predicted octanol–water partition coefficient (Wildman–Crippen LogP) is 3.31. The Hall–Kier alpha value is -3.85. The molecule has 0 bridgehead atoms. The average molecular weight is 584 g/mol. The third kappa shape index (κ3) is 6.65. The lowest BCUT2D eigenvalue weighted by atomic mass is 10.2. The number of aromatic nitrogens is 4. The summed E-state index contributed by atoms with van der Waals surface area (Å²) in [6, 6.07) is 11.5. The van der Waals surface area contributed by atoms with Crippen LogP contribution in [0.15, 0.2) is 58.1 Å². The van der Waals surface area contributed by atoms with Crippen LogP contribution in [0.5, 0.6) is 17.5 Å². The summed E-state index contributed by atoms with van der Waals surface area (Å²) in [6.07, 6.45) is -4.89. The second-order valence-corrected chi connectivity index (χ2v) is 9.55. The Morgan fingerprint density at radius 2 is 1.82 bits per heavy atom. The van der Waals surface area contributed by atoms with Gasteiger partial charge in [0, 0.05) is 37.3 Å². The minimum atomic E-state index is -4.89. The van der Waals surface area contributed by atoms with Gasteiger partial charge in [-0.05, 0) is 43.7 Å². The molecule has 0 aliphatic rings. The van der Waals surface area contributed by atoms with Gasteiger partial charge in [-0.1, -0.05) is 29.8 Å². The van der Waals surface area contributed by atoms with Gasteiger partial charge in [-0.2, -0.15) is 9.55 Å². The number of rotatable bonds is 10. The molecule has 2 heterocycles. The predicted molar refractivity (Wildman–Crippen MR) is 139 cm³/mol. The summed E-state index contributed by atoms with van der Waals surface area (Å²) in [5, 5.41) is 11.2. The number of aromatic amines is 1. The van der Waals surface area contributed by atoms with Crippen molar-refractivity contribution in [2.75, 3.05) is 6.54 Å². The Kier molecular flexibility index (Phi) is 8.54. The van der Waals surface area contributed by atoms with Crippen LogP contribution >= 0.6 is 11.6 Å². The normalized spacial score (nSPS) is 12.1. The molecule has 4 rings (SSSR count). The van der Waals surface area contributed by atoms with Gasteiger partial charge < -0.3 is 9.47 Å². The number of halogens is 4. The van der Waals surface area contributed by atoms with Crippen LogP contribution < -0.4 is 30.7 Å². The van der Waals surface area contributed by atoms with E-state index < -0.39 is 23.4 Å². The minimum Gasteiger partial charge on any atom is -0.406 e. The number of nitrogens with one attached hydrogen (secondary N) is 2. The van der Waals surface area contributed by atoms with E-state index in [0.29, 0.717) is 5.02 Å². The number of nitrogens with zero attached hydrogens (tertiary/aromatic N) is 4. The summed E-state index contributed by atoms with van der Waals surface area (Å²) in [4.78, 5) is 29.6. The fourth-order valence-electron chi connectivity index (χ4n) is 3.91. The molecular formula is C25H27ClF3N6O5+. The smallest absolute Gasteiger partial charge is 0.406 e. The highest BCUT2D eigenvalue weighted by molar-refractivity contribution is 6.30. The van der Waals surface area contributed by atoms with Crippen LogP contribution in [0.3, 0.4) is 0 Å². The van der Waals surface area contributed by atoms with Crippen molar-refractivity contribution < 1.29 is 32.4 Å². The lowest BCUT2D eigenvalue weighted by Gasteiger charge is -2.19. The number of hydrazine groups is 1. The molecule has 2 aromatic heterocycles. The number of fused-ring (bicyclic) bond motifs is 1. The lowest BCUT2D eigenvalue weighted by Crippen LogP contribution is -2.48. The molecular weight excluding hydrogens is 557 g/mol. The molecule has 0 atom stereocenters. The summed E-state index contributed by atoms with van der Waals surface area (Å²) in [7, 11) is 1.46. The van der Waals surface area contributed by atoms with Crippen LogP contribution in [0.1, 0.15) is 19.4 Å². The Morgan fingerprint density at radius 1 is 1.15 bits per heavy atom. The first kappa shape index (κ1) is 29.1. The summed E-state index contributed by atoms with van der Waals surface area (Å²) in [6.45, 7) is 3.60. The molecule has 2 aromatic carbocycles. The molecule has 0 saturated carbocycles. The molecule has 0 spiro atoms. The van der Waals surface area contributed by atoms with Crippen molar-refractivity contribution in [3.05, 3.63) is 80.0 Å². The maximum atomic E-state index is 13.6. The van der Waals surface area contributed by atoms with E-state index in [4.69, 9.17) is 16.3 Å². The highest BCUT2D eigenvalue weighted by Crippen LogP contribution is 2.28. The van der Waals surface area contributed by atoms with Gasteiger partial charge in [0.05, 0.1) is 0 Å². The van der Waals surface area contributed by atoms with Gasteiger partial charge in [-0.15, -0.1) is 18.3 Å². The molecule has 0 radical (unpaired) electrons. The second kappa shape index (κ2) is 11.7. The highest BCUT2D eigenvalue weighted by atomic mass is 35.5. The van der Waals surface area contributed by atoms with E-state index in [1.54, 1.807) is 38.1 Å². The number of H-pyrrole nitrogens is 1.